The molecule has 0 aliphatic heterocycles. The van der Waals surface area contributed by atoms with Crippen LogP contribution in [-0.4, -0.2) is 17.0 Å². The first-order valence-corrected chi connectivity index (χ1v) is 7.50. The summed E-state index contributed by atoms with van der Waals surface area (Å²) in [5, 5.41) is 12.2. The molecule has 3 atom stereocenters. The number of hydrogen-bond acceptors (Lipinski definition) is 2. The van der Waals surface area contributed by atoms with Gasteiger partial charge in [0.2, 0.25) is 5.91 Å². The first-order chi connectivity index (χ1) is 9.90. The normalized spacial score (nSPS) is 22.8. The lowest BCUT2D eigenvalue weighted by Crippen LogP contribution is -2.36. The van der Waals surface area contributed by atoms with E-state index in [-0.39, 0.29) is 11.9 Å². The molecule has 1 aliphatic rings. The Bertz CT molecular complexity index is 553. The second kappa shape index (κ2) is 6.29. The third-order valence-corrected chi connectivity index (χ3v) is 4.42. The maximum absolute atomic E-state index is 12.3. The zero-order chi connectivity index (χ0) is 15.6. The summed E-state index contributed by atoms with van der Waals surface area (Å²) in [7, 11) is 0. The Labute approximate surface area is 125 Å². The zero-order valence-electron chi connectivity index (χ0n) is 12.8. The van der Waals surface area contributed by atoms with Crippen molar-refractivity contribution < 1.29 is 14.7 Å². The van der Waals surface area contributed by atoms with Gasteiger partial charge in [0.05, 0.1) is 17.9 Å². The number of benzene rings is 1. The van der Waals surface area contributed by atoms with Crippen molar-refractivity contribution in [2.75, 3.05) is 0 Å². The third kappa shape index (κ3) is 3.43. The van der Waals surface area contributed by atoms with Crippen molar-refractivity contribution >= 4 is 11.9 Å². The Hall–Kier alpha value is -1.84. The molecular weight excluding hydrogens is 266 g/mol. The minimum atomic E-state index is -0.855. The molecule has 114 valence electrons. The summed E-state index contributed by atoms with van der Waals surface area (Å²) < 4.78 is 0. The van der Waals surface area contributed by atoms with Crippen LogP contribution in [-0.2, 0) is 9.59 Å². The molecule has 0 aromatic heterocycles. The van der Waals surface area contributed by atoms with Gasteiger partial charge in [-0.25, -0.2) is 0 Å². The molecule has 2 rings (SSSR count). The smallest absolute Gasteiger partial charge is 0.307 e. The first-order valence-electron chi connectivity index (χ1n) is 7.50. The third-order valence-electron chi connectivity index (χ3n) is 4.42. The molecule has 0 radical (unpaired) electrons. The molecule has 3 unspecified atom stereocenters. The molecule has 0 bridgehead atoms. The van der Waals surface area contributed by atoms with E-state index in [4.69, 9.17) is 0 Å². The summed E-state index contributed by atoms with van der Waals surface area (Å²) in [5.74, 6) is -1.91. The number of carbonyl (C=O) groups excluding carboxylic acids is 1. The number of aliphatic carboxylic acids is 1. The molecule has 0 spiro atoms. The SMILES string of the molecule is Cc1ccc(C(C)NC(=O)C2CCCC2C(=O)O)c(C)c1. The number of aryl methyl sites for hydroxylation is 2. The fraction of sp³-hybridized carbons (Fsp3) is 0.529. The summed E-state index contributed by atoms with van der Waals surface area (Å²) in [6.07, 6.45) is 2.08. The van der Waals surface area contributed by atoms with E-state index < -0.39 is 17.8 Å². The summed E-state index contributed by atoms with van der Waals surface area (Å²) >= 11 is 0. The minimum Gasteiger partial charge on any atom is -0.481 e. The van der Waals surface area contributed by atoms with Crippen molar-refractivity contribution in [1.29, 1.82) is 0 Å². The van der Waals surface area contributed by atoms with E-state index in [1.807, 2.05) is 32.9 Å². The van der Waals surface area contributed by atoms with Gasteiger partial charge >= 0.3 is 5.97 Å². The Morgan fingerprint density at radius 2 is 1.90 bits per heavy atom. The van der Waals surface area contributed by atoms with Gasteiger partial charge in [-0.05, 0) is 44.7 Å². The van der Waals surface area contributed by atoms with Gasteiger partial charge in [0.15, 0.2) is 0 Å². The molecule has 1 aliphatic carbocycles. The Kier molecular flexibility index (Phi) is 4.66. The topological polar surface area (TPSA) is 66.4 Å². The number of carboxylic acids is 1. The summed E-state index contributed by atoms with van der Waals surface area (Å²) in [6.45, 7) is 6.01. The van der Waals surface area contributed by atoms with Crippen molar-refractivity contribution in [3.8, 4) is 0 Å². The highest BCUT2D eigenvalue weighted by molar-refractivity contribution is 5.85. The Balaban J connectivity index is 2.06. The van der Waals surface area contributed by atoms with E-state index in [0.29, 0.717) is 12.8 Å². The predicted molar refractivity (Wildman–Crippen MR) is 80.9 cm³/mol. The van der Waals surface area contributed by atoms with Crippen LogP contribution in [0.1, 0.15) is 48.9 Å². The van der Waals surface area contributed by atoms with Gasteiger partial charge < -0.3 is 10.4 Å². The second-order valence-electron chi connectivity index (χ2n) is 6.07. The summed E-state index contributed by atoms with van der Waals surface area (Å²) in [4.78, 5) is 23.5. The number of hydrogen-bond donors (Lipinski definition) is 2. The van der Waals surface area contributed by atoms with Crippen LogP contribution in [0.25, 0.3) is 0 Å². The van der Waals surface area contributed by atoms with E-state index in [0.717, 1.165) is 17.5 Å². The van der Waals surface area contributed by atoms with E-state index in [1.54, 1.807) is 0 Å². The number of nitrogens with one attached hydrogen (secondary N) is 1. The number of carbonyl (C=O) groups is 2. The van der Waals surface area contributed by atoms with Gasteiger partial charge in [-0.2, -0.15) is 0 Å². The van der Waals surface area contributed by atoms with Gasteiger partial charge in [0.1, 0.15) is 0 Å². The molecule has 1 saturated carbocycles. The standard InChI is InChI=1S/C17H23NO3/c1-10-7-8-13(11(2)9-10)12(3)18-16(19)14-5-4-6-15(14)17(20)21/h7-9,12,14-15H,4-6H2,1-3H3,(H,18,19)(H,20,21). The lowest BCUT2D eigenvalue weighted by atomic mass is 9.94. The molecule has 4 heteroatoms. The average Bonchev–Trinajstić information content (AvgIpc) is 2.87. The Morgan fingerprint density at radius 1 is 1.24 bits per heavy atom. The monoisotopic (exact) mass is 289 g/mol. The molecule has 1 amide bonds. The lowest BCUT2D eigenvalue weighted by molar-refractivity contribution is -0.146. The highest BCUT2D eigenvalue weighted by Gasteiger charge is 2.38. The van der Waals surface area contributed by atoms with Crippen LogP contribution in [0.4, 0.5) is 0 Å². The lowest BCUT2D eigenvalue weighted by Gasteiger charge is -2.21. The van der Waals surface area contributed by atoms with Crippen molar-refractivity contribution in [3.05, 3.63) is 34.9 Å². The van der Waals surface area contributed by atoms with Crippen LogP contribution >= 0.6 is 0 Å². The second-order valence-corrected chi connectivity index (χ2v) is 6.07. The average molecular weight is 289 g/mol. The van der Waals surface area contributed by atoms with Gasteiger partial charge in [-0.15, -0.1) is 0 Å². The minimum absolute atomic E-state index is 0.104. The fourth-order valence-electron chi connectivity index (χ4n) is 3.28. The van der Waals surface area contributed by atoms with Gasteiger partial charge in [0.25, 0.3) is 0 Å². The maximum atomic E-state index is 12.3. The molecule has 0 saturated heterocycles. The highest BCUT2D eigenvalue weighted by Crippen LogP contribution is 2.32. The van der Waals surface area contributed by atoms with Crippen LogP contribution in [0.2, 0.25) is 0 Å². The van der Waals surface area contributed by atoms with Crippen LogP contribution in [0.15, 0.2) is 18.2 Å². The van der Waals surface area contributed by atoms with Gasteiger partial charge in [0, 0.05) is 0 Å². The molecule has 1 aromatic carbocycles. The molecular formula is C17H23NO3. The number of rotatable bonds is 4. The highest BCUT2D eigenvalue weighted by atomic mass is 16.4. The number of carboxylic acid groups (broad SMARTS) is 1. The van der Waals surface area contributed by atoms with E-state index in [9.17, 15) is 14.7 Å². The van der Waals surface area contributed by atoms with Gasteiger partial charge in [-0.1, -0.05) is 30.2 Å². The van der Waals surface area contributed by atoms with Crippen molar-refractivity contribution in [3.63, 3.8) is 0 Å². The predicted octanol–water partition coefficient (Wildman–Crippen LogP) is 2.98. The van der Waals surface area contributed by atoms with Crippen molar-refractivity contribution in [2.24, 2.45) is 11.8 Å². The van der Waals surface area contributed by atoms with E-state index >= 15 is 0 Å². The summed E-state index contributed by atoms with van der Waals surface area (Å²) in [5.41, 5.74) is 3.42. The maximum Gasteiger partial charge on any atom is 0.307 e. The zero-order valence-corrected chi connectivity index (χ0v) is 12.8. The molecule has 2 N–H and O–H groups in total. The van der Waals surface area contributed by atoms with Crippen LogP contribution in [0.3, 0.4) is 0 Å². The fourth-order valence-corrected chi connectivity index (χ4v) is 3.28. The van der Waals surface area contributed by atoms with Crippen molar-refractivity contribution in [2.45, 2.75) is 46.1 Å². The van der Waals surface area contributed by atoms with E-state index in [2.05, 4.69) is 11.4 Å². The quantitative estimate of drug-likeness (QED) is 0.895. The van der Waals surface area contributed by atoms with Crippen molar-refractivity contribution in [1.82, 2.24) is 5.32 Å². The van der Waals surface area contributed by atoms with Gasteiger partial charge in [-0.3, -0.25) is 9.59 Å². The summed E-state index contributed by atoms with van der Waals surface area (Å²) in [6, 6.07) is 6.04. The molecule has 0 heterocycles. The van der Waals surface area contributed by atoms with Crippen LogP contribution in [0.5, 0.6) is 0 Å². The molecule has 1 aromatic rings. The molecule has 1 fully saturated rings. The van der Waals surface area contributed by atoms with E-state index in [1.165, 1.54) is 5.56 Å². The largest absolute Gasteiger partial charge is 0.481 e. The molecule has 4 nitrogen and oxygen atoms in total. The number of amides is 1. The van der Waals surface area contributed by atoms with Crippen LogP contribution < -0.4 is 5.32 Å². The van der Waals surface area contributed by atoms with Crippen LogP contribution in [0, 0.1) is 25.7 Å². The Morgan fingerprint density at radius 3 is 2.52 bits per heavy atom. The molecule has 21 heavy (non-hydrogen) atoms. The first kappa shape index (κ1) is 15.5.